The van der Waals surface area contributed by atoms with E-state index in [0.29, 0.717) is 24.7 Å². The summed E-state index contributed by atoms with van der Waals surface area (Å²) in [4.78, 5) is 21.0. The number of carbonyl (C=O) groups is 1. The molecule has 6 nitrogen and oxygen atoms in total. The van der Waals surface area contributed by atoms with Crippen LogP contribution in [-0.4, -0.2) is 49.5 Å². The van der Waals surface area contributed by atoms with Gasteiger partial charge in [-0.25, -0.2) is 4.99 Å². The lowest BCUT2D eigenvalue weighted by molar-refractivity contribution is 0.0953. The summed E-state index contributed by atoms with van der Waals surface area (Å²) in [6, 6.07) is 12.5. The zero-order valence-electron chi connectivity index (χ0n) is 18.7. The molecule has 7 heteroatoms. The van der Waals surface area contributed by atoms with E-state index in [2.05, 4.69) is 45.3 Å². The molecule has 1 saturated heterocycles. The summed E-state index contributed by atoms with van der Waals surface area (Å²) in [6.45, 7) is 9.29. The number of hydrogen-bond acceptors (Lipinski definition) is 4. The van der Waals surface area contributed by atoms with Gasteiger partial charge in [0.1, 0.15) is 0 Å². The Hall–Kier alpha value is -2.38. The number of aliphatic imine (C=N–C) groups is 1. The molecule has 1 fully saturated rings. The van der Waals surface area contributed by atoms with Crippen LogP contribution >= 0.6 is 11.3 Å². The van der Waals surface area contributed by atoms with E-state index in [4.69, 9.17) is 4.99 Å². The Kier molecular flexibility index (Phi) is 9.37. The van der Waals surface area contributed by atoms with Crippen LogP contribution in [0.5, 0.6) is 0 Å². The van der Waals surface area contributed by atoms with E-state index in [-0.39, 0.29) is 5.91 Å². The molecule has 0 aliphatic carbocycles. The summed E-state index contributed by atoms with van der Waals surface area (Å²) in [7, 11) is 0. The van der Waals surface area contributed by atoms with Gasteiger partial charge in [0, 0.05) is 30.1 Å². The molecule has 3 N–H and O–H groups in total. The van der Waals surface area contributed by atoms with E-state index in [1.54, 1.807) is 0 Å². The highest BCUT2D eigenvalue weighted by Crippen LogP contribution is 2.27. The van der Waals surface area contributed by atoms with Gasteiger partial charge in [-0.1, -0.05) is 25.1 Å². The van der Waals surface area contributed by atoms with Crippen LogP contribution < -0.4 is 16.0 Å². The average Bonchev–Trinajstić information content (AvgIpc) is 3.51. The molecule has 168 valence electrons. The fourth-order valence-corrected chi connectivity index (χ4v) is 4.66. The summed E-state index contributed by atoms with van der Waals surface area (Å²) < 4.78 is 0. The number of benzene rings is 1. The first-order chi connectivity index (χ1) is 15.2. The molecule has 1 aromatic heterocycles. The number of nitrogens with one attached hydrogen (secondary N) is 3. The Labute approximate surface area is 190 Å². The van der Waals surface area contributed by atoms with Crippen molar-refractivity contribution >= 4 is 23.2 Å². The van der Waals surface area contributed by atoms with Crippen molar-refractivity contribution in [2.24, 2.45) is 4.99 Å². The number of amides is 1. The maximum atomic E-state index is 12.2. The van der Waals surface area contributed by atoms with Crippen molar-refractivity contribution in [2.75, 3.05) is 32.7 Å². The summed E-state index contributed by atoms with van der Waals surface area (Å²) in [5.41, 5.74) is 1.71. The maximum absolute atomic E-state index is 12.2. The van der Waals surface area contributed by atoms with Gasteiger partial charge in [0.25, 0.3) is 5.91 Å². The molecule has 1 amide bonds. The highest BCUT2D eigenvalue weighted by Gasteiger charge is 2.24. The van der Waals surface area contributed by atoms with Gasteiger partial charge < -0.3 is 16.0 Å². The Bertz CT molecular complexity index is 830. The molecule has 0 bridgehead atoms. The highest BCUT2D eigenvalue weighted by molar-refractivity contribution is 7.10. The van der Waals surface area contributed by atoms with E-state index >= 15 is 0 Å². The van der Waals surface area contributed by atoms with E-state index < -0.39 is 0 Å². The quantitative estimate of drug-likeness (QED) is 0.388. The van der Waals surface area contributed by atoms with Crippen molar-refractivity contribution in [2.45, 2.75) is 45.7 Å². The van der Waals surface area contributed by atoms with Crippen molar-refractivity contribution in [3.05, 3.63) is 57.8 Å². The van der Waals surface area contributed by atoms with Crippen molar-refractivity contribution in [3.63, 3.8) is 0 Å². The Morgan fingerprint density at radius 3 is 2.68 bits per heavy atom. The van der Waals surface area contributed by atoms with Crippen LogP contribution in [0.4, 0.5) is 0 Å². The third kappa shape index (κ3) is 7.08. The van der Waals surface area contributed by atoms with Gasteiger partial charge >= 0.3 is 0 Å². The second-order valence-electron chi connectivity index (χ2n) is 7.81. The zero-order chi connectivity index (χ0) is 21.9. The van der Waals surface area contributed by atoms with Gasteiger partial charge in [-0.3, -0.25) is 9.69 Å². The number of thiophene rings is 1. The molecule has 1 aliphatic heterocycles. The molecular formula is C24H35N5OS. The minimum Gasteiger partial charge on any atom is -0.357 e. The summed E-state index contributed by atoms with van der Waals surface area (Å²) in [6.07, 6.45) is 3.48. The maximum Gasteiger partial charge on any atom is 0.251 e. The van der Waals surface area contributed by atoms with Crippen LogP contribution in [0.3, 0.4) is 0 Å². The summed E-state index contributed by atoms with van der Waals surface area (Å²) >= 11 is 1.82. The number of hydrogen-bond donors (Lipinski definition) is 3. The van der Waals surface area contributed by atoms with Crippen LogP contribution in [0.1, 0.15) is 60.0 Å². The molecule has 1 atom stereocenters. The lowest BCUT2D eigenvalue weighted by Gasteiger charge is -2.27. The van der Waals surface area contributed by atoms with Crippen molar-refractivity contribution in [3.8, 4) is 0 Å². The number of guanidine groups is 1. The molecule has 2 aromatic rings. The SMILES string of the molecule is CCCNC(=O)c1cccc(CN=C(NCC)NCC(c2cccs2)N2CCCC2)c1. The Morgan fingerprint density at radius 2 is 1.97 bits per heavy atom. The van der Waals surface area contributed by atoms with E-state index in [0.717, 1.165) is 44.1 Å². The minimum atomic E-state index is -0.0258. The Balaban J connectivity index is 1.64. The molecule has 31 heavy (non-hydrogen) atoms. The summed E-state index contributed by atoms with van der Waals surface area (Å²) in [5.74, 6) is 0.784. The number of nitrogens with zero attached hydrogens (tertiary/aromatic N) is 2. The van der Waals surface area contributed by atoms with Gasteiger partial charge in [0.2, 0.25) is 0 Å². The Morgan fingerprint density at radius 1 is 1.13 bits per heavy atom. The number of carbonyl (C=O) groups excluding carboxylic acids is 1. The lowest BCUT2D eigenvalue weighted by atomic mass is 10.1. The van der Waals surface area contributed by atoms with Gasteiger partial charge in [-0.05, 0) is 68.4 Å². The number of likely N-dealkylation sites (tertiary alicyclic amines) is 1. The van der Waals surface area contributed by atoms with Crippen molar-refractivity contribution in [1.82, 2.24) is 20.9 Å². The standard InChI is InChI=1S/C24H35N5OS/c1-3-12-26-23(30)20-10-7-9-19(16-20)17-27-24(25-4-2)28-18-21(22-11-8-15-31-22)29-13-5-6-14-29/h7-11,15-16,21H,3-6,12-14,17-18H2,1-2H3,(H,26,30)(H2,25,27,28). The first kappa shape index (κ1) is 23.3. The monoisotopic (exact) mass is 441 g/mol. The first-order valence-electron chi connectivity index (χ1n) is 11.4. The van der Waals surface area contributed by atoms with Gasteiger partial charge in [-0.2, -0.15) is 0 Å². The van der Waals surface area contributed by atoms with Gasteiger partial charge in [-0.15, -0.1) is 11.3 Å². The van der Waals surface area contributed by atoms with Crippen LogP contribution in [0.15, 0.2) is 46.8 Å². The first-order valence-corrected chi connectivity index (χ1v) is 12.3. The fourth-order valence-electron chi connectivity index (χ4n) is 3.80. The molecule has 2 heterocycles. The van der Waals surface area contributed by atoms with Crippen LogP contribution in [-0.2, 0) is 6.54 Å². The van der Waals surface area contributed by atoms with E-state index in [1.807, 2.05) is 42.5 Å². The van der Waals surface area contributed by atoms with E-state index in [1.165, 1.54) is 17.7 Å². The average molecular weight is 442 g/mol. The lowest BCUT2D eigenvalue weighted by Crippen LogP contribution is -2.42. The molecule has 0 saturated carbocycles. The highest BCUT2D eigenvalue weighted by atomic mass is 32.1. The minimum absolute atomic E-state index is 0.0258. The predicted molar refractivity (Wildman–Crippen MR) is 130 cm³/mol. The van der Waals surface area contributed by atoms with Crippen molar-refractivity contribution in [1.29, 1.82) is 0 Å². The summed E-state index contributed by atoms with van der Waals surface area (Å²) in [5, 5.41) is 12.0. The second-order valence-corrected chi connectivity index (χ2v) is 8.79. The predicted octanol–water partition coefficient (Wildman–Crippen LogP) is 3.78. The van der Waals surface area contributed by atoms with Crippen LogP contribution in [0, 0.1) is 0 Å². The molecule has 1 aliphatic rings. The molecular weight excluding hydrogens is 406 g/mol. The zero-order valence-corrected chi connectivity index (χ0v) is 19.5. The third-order valence-corrected chi connectivity index (χ3v) is 6.38. The topological polar surface area (TPSA) is 68.8 Å². The second kappa shape index (κ2) is 12.5. The normalized spacial score (nSPS) is 15.6. The largest absolute Gasteiger partial charge is 0.357 e. The fraction of sp³-hybridized carbons (Fsp3) is 0.500. The van der Waals surface area contributed by atoms with Gasteiger partial charge in [0.05, 0.1) is 12.6 Å². The van der Waals surface area contributed by atoms with E-state index in [9.17, 15) is 4.79 Å². The smallest absolute Gasteiger partial charge is 0.251 e. The van der Waals surface area contributed by atoms with Crippen molar-refractivity contribution < 1.29 is 4.79 Å². The number of rotatable bonds is 10. The molecule has 3 rings (SSSR count). The van der Waals surface area contributed by atoms with Gasteiger partial charge in [0.15, 0.2) is 5.96 Å². The van der Waals surface area contributed by atoms with Crippen LogP contribution in [0.25, 0.3) is 0 Å². The molecule has 1 unspecified atom stereocenters. The molecule has 1 aromatic carbocycles. The molecule has 0 spiro atoms. The third-order valence-electron chi connectivity index (χ3n) is 5.40. The molecule has 0 radical (unpaired) electrons. The van der Waals surface area contributed by atoms with Crippen LogP contribution in [0.2, 0.25) is 0 Å².